The van der Waals surface area contributed by atoms with Crippen molar-refractivity contribution in [1.82, 2.24) is 29.5 Å². The molecule has 20 aromatic carbocycles. The molecular weight excluding hydrogens is 1560 g/mol. The molecule has 0 saturated heterocycles. The Kier molecular flexibility index (Phi) is 20.2. The maximum atomic E-state index is 5.30. The zero-order valence-corrected chi connectivity index (χ0v) is 69.3. The van der Waals surface area contributed by atoms with Crippen molar-refractivity contribution in [2.24, 2.45) is 0 Å². The van der Waals surface area contributed by atoms with E-state index in [0.717, 1.165) is 94.2 Å². The predicted octanol–water partition coefficient (Wildman–Crippen LogP) is 33.7. The summed E-state index contributed by atoms with van der Waals surface area (Å²) in [4.78, 5) is 24.5. The fraction of sp³-hybridized carbons (Fsp3) is 0.0488. The maximum Gasteiger partial charge on any atom is 0.145 e. The average molecular weight is 1650 g/mol. The average Bonchev–Trinajstić information content (AvgIpc) is 1.58. The molecule has 612 valence electrons. The van der Waals surface area contributed by atoms with Gasteiger partial charge in [-0.15, -0.1) is 0 Å². The van der Waals surface area contributed by atoms with Crippen LogP contribution in [0.4, 0.5) is 0 Å². The van der Waals surface area contributed by atoms with Crippen LogP contribution in [0, 0.1) is 0 Å². The van der Waals surface area contributed by atoms with Crippen molar-refractivity contribution in [3.63, 3.8) is 0 Å². The smallest absolute Gasteiger partial charge is 0.145 e. The summed E-state index contributed by atoms with van der Waals surface area (Å²) < 4.78 is 2.27. The molecule has 6 heteroatoms. The fourth-order valence-corrected chi connectivity index (χ4v) is 20.1. The lowest BCUT2D eigenvalue weighted by atomic mass is 9.79. The number of hydrogen-bond donors (Lipinski definition) is 0. The minimum absolute atomic E-state index is 0. The summed E-state index contributed by atoms with van der Waals surface area (Å²) in [5.74, 6) is 0.937. The van der Waals surface area contributed by atoms with E-state index < -0.39 is 0 Å². The van der Waals surface area contributed by atoms with Crippen LogP contribution in [0.2, 0.25) is 0 Å². The third-order valence-electron chi connectivity index (χ3n) is 26.1. The molecule has 25 aromatic rings. The molecule has 26 rings (SSSR count). The first-order chi connectivity index (χ1) is 62.2. The predicted molar refractivity (Wildman–Crippen MR) is 551 cm³/mol. The van der Waals surface area contributed by atoms with Crippen LogP contribution in [-0.2, 0) is 5.41 Å². The summed E-state index contributed by atoms with van der Waals surface area (Å²) in [6, 6.07) is 153. The van der Waals surface area contributed by atoms with Crippen molar-refractivity contribution in [3.05, 3.63) is 448 Å². The van der Waals surface area contributed by atoms with Crippen molar-refractivity contribution in [2.45, 2.75) is 41.5 Å². The third-order valence-corrected chi connectivity index (χ3v) is 26.1. The number of hydrogen-bond acceptors (Lipinski definition) is 5. The molecular formula is C123H90N6. The number of benzene rings is 20. The van der Waals surface area contributed by atoms with Crippen LogP contribution in [0.25, 0.3) is 236 Å². The zero-order valence-electron chi connectivity index (χ0n) is 69.3. The largest absolute Gasteiger partial charge is 0.292 e. The molecule has 0 atom stereocenters. The Hall–Kier alpha value is -16.4. The van der Waals surface area contributed by atoms with Gasteiger partial charge in [-0.3, -0.25) is 14.5 Å². The van der Waals surface area contributed by atoms with Crippen LogP contribution in [0.15, 0.2) is 437 Å². The van der Waals surface area contributed by atoms with Crippen molar-refractivity contribution < 1.29 is 0 Å². The van der Waals surface area contributed by atoms with E-state index in [1.807, 2.05) is 42.7 Å². The van der Waals surface area contributed by atoms with Crippen LogP contribution in [-0.4, -0.2) is 29.5 Å². The highest BCUT2D eigenvalue weighted by Gasteiger charge is 2.37. The standard InChI is InChI=1S/C52H36N2.C47H29N.C21H13N3.3CH4/c1-52(2)45-21-11-10-18-39(45)42-31-43-44(32-46(42)52)50(37-29-24-33-14-6-7-15-36(33)30-37)41-20-9-8-19-40(41)49(43)34-25-27-35(28-26-34)51-53-47-22-12-13-23-48(47)54(51)38-16-4-3-5-17-38;1-3-12-34-27-37(21-17-30(34)9-1)45-40-15-7-8-16-41(40)46(38-22-18-31-10-2-4-13-35(31)28-38)43-29-36(23-25-42(43)45)44-26-24-33-20-19-32-11-5-6-14-39(32)47(33)48-44;1-2-6-14(7-3-1)18-11-10-16-15-8-4-12-22-20(15)21-17(19(16)24-18)9-5-13-23-21;;;/h3-32H,1-2H3;1-29H;1-13H;3*1H4. The van der Waals surface area contributed by atoms with Crippen LogP contribution in [0.5, 0.6) is 0 Å². The second-order valence-corrected chi connectivity index (χ2v) is 33.6. The van der Waals surface area contributed by atoms with E-state index in [1.54, 1.807) is 0 Å². The molecule has 0 saturated carbocycles. The van der Waals surface area contributed by atoms with Gasteiger partial charge in [0.25, 0.3) is 0 Å². The van der Waals surface area contributed by atoms with Gasteiger partial charge in [0.15, 0.2) is 0 Å². The summed E-state index contributed by atoms with van der Waals surface area (Å²) in [7, 11) is 0. The number of rotatable bonds is 8. The highest BCUT2D eigenvalue weighted by Crippen LogP contribution is 2.55. The number of nitrogens with zero attached hydrogens (tertiary/aromatic N) is 6. The second-order valence-electron chi connectivity index (χ2n) is 33.6. The van der Waals surface area contributed by atoms with Gasteiger partial charge >= 0.3 is 0 Å². The molecule has 5 aromatic heterocycles. The molecule has 129 heavy (non-hydrogen) atoms. The van der Waals surface area contributed by atoms with Gasteiger partial charge in [0.2, 0.25) is 0 Å². The third kappa shape index (κ3) is 13.5. The molecule has 0 amide bonds. The van der Waals surface area contributed by atoms with Gasteiger partial charge in [-0.2, -0.15) is 0 Å². The molecule has 0 spiro atoms. The van der Waals surface area contributed by atoms with E-state index >= 15 is 0 Å². The number of pyridine rings is 4. The van der Waals surface area contributed by atoms with Crippen molar-refractivity contribution in [3.8, 4) is 95.2 Å². The van der Waals surface area contributed by atoms with Crippen LogP contribution in [0.3, 0.4) is 0 Å². The lowest BCUT2D eigenvalue weighted by Gasteiger charge is -2.24. The maximum absolute atomic E-state index is 5.30. The van der Waals surface area contributed by atoms with Gasteiger partial charge in [-0.1, -0.05) is 364 Å². The number of aromatic nitrogens is 6. The first-order valence-electron chi connectivity index (χ1n) is 43.2. The molecule has 1 aliphatic rings. The Balaban J connectivity index is 0.000000124. The summed E-state index contributed by atoms with van der Waals surface area (Å²) in [5, 5.41) is 24.3. The second kappa shape index (κ2) is 32.6. The normalized spacial score (nSPS) is 12.0. The molecule has 0 bridgehead atoms. The van der Waals surface area contributed by atoms with Gasteiger partial charge < -0.3 is 0 Å². The van der Waals surface area contributed by atoms with E-state index in [9.17, 15) is 0 Å². The Labute approximate surface area is 750 Å². The van der Waals surface area contributed by atoms with E-state index in [-0.39, 0.29) is 27.7 Å². The SMILES string of the molecule is C.C.C.CC1(C)c2ccccc2-c2cc3c(-c4ccc(-c5nc6ccccc6n5-c5ccccc5)cc4)c4ccccc4c(-c4ccc5ccccc5c4)c3cc21.c1ccc(-c2ccc3c4cccnc4c4ncccc4c3n2)cc1.c1ccc2cc(-c3c4ccccc4c(-c4ccc5ccccc5c4)c4cc(-c5ccc6ccc7ccccc7c6n5)ccc34)ccc2c1. The zero-order chi connectivity index (χ0) is 83.5. The monoisotopic (exact) mass is 1650 g/mol. The minimum atomic E-state index is -0.113. The number of para-hydroxylation sites is 3. The lowest BCUT2D eigenvalue weighted by Crippen LogP contribution is -2.14. The molecule has 0 radical (unpaired) electrons. The minimum Gasteiger partial charge on any atom is -0.292 e. The Morgan fingerprint density at radius 2 is 0.620 bits per heavy atom. The molecule has 6 nitrogen and oxygen atoms in total. The molecule has 0 fully saturated rings. The first kappa shape index (κ1) is 79.7. The molecule has 0 aliphatic heterocycles. The van der Waals surface area contributed by atoms with Crippen molar-refractivity contribution in [2.75, 3.05) is 0 Å². The van der Waals surface area contributed by atoms with Gasteiger partial charge in [0.1, 0.15) is 5.82 Å². The molecule has 0 N–H and O–H groups in total. The quantitative estimate of drug-likeness (QED) is 0.112. The van der Waals surface area contributed by atoms with E-state index in [2.05, 4.69) is 423 Å². The van der Waals surface area contributed by atoms with Gasteiger partial charge in [0.05, 0.1) is 44.5 Å². The Morgan fingerprint density at radius 3 is 1.25 bits per heavy atom. The summed E-state index contributed by atoms with van der Waals surface area (Å²) >= 11 is 0. The summed E-state index contributed by atoms with van der Waals surface area (Å²) in [6.07, 6.45) is 3.62. The van der Waals surface area contributed by atoms with E-state index in [0.29, 0.717) is 0 Å². The lowest BCUT2D eigenvalue weighted by molar-refractivity contribution is 0.661. The van der Waals surface area contributed by atoms with Gasteiger partial charge in [-0.25, -0.2) is 15.0 Å². The molecule has 0 unspecified atom stereocenters. The van der Waals surface area contributed by atoms with Crippen LogP contribution in [0.1, 0.15) is 47.3 Å². The van der Waals surface area contributed by atoms with Crippen LogP contribution < -0.4 is 0 Å². The van der Waals surface area contributed by atoms with Gasteiger partial charge in [-0.05, 0) is 245 Å². The highest BCUT2D eigenvalue weighted by molar-refractivity contribution is 6.26. The Bertz CT molecular complexity index is 8720. The Morgan fingerprint density at radius 1 is 0.217 bits per heavy atom. The summed E-state index contributed by atoms with van der Waals surface area (Å²) in [5.41, 5.74) is 27.5. The fourth-order valence-electron chi connectivity index (χ4n) is 20.1. The van der Waals surface area contributed by atoms with Crippen molar-refractivity contribution in [1.29, 1.82) is 0 Å². The van der Waals surface area contributed by atoms with Crippen LogP contribution >= 0.6 is 0 Å². The van der Waals surface area contributed by atoms with E-state index in [4.69, 9.17) is 15.0 Å². The first-order valence-corrected chi connectivity index (χ1v) is 43.2. The summed E-state index contributed by atoms with van der Waals surface area (Å²) in [6.45, 7) is 4.76. The topological polar surface area (TPSA) is 69.4 Å². The molecule has 1 aliphatic carbocycles. The number of imidazole rings is 1. The number of fused-ring (bicyclic) bond motifs is 20. The van der Waals surface area contributed by atoms with Crippen molar-refractivity contribution >= 4 is 141 Å². The highest BCUT2D eigenvalue weighted by atomic mass is 15.1. The van der Waals surface area contributed by atoms with E-state index in [1.165, 1.54) is 153 Å². The molecule has 5 heterocycles. The van der Waals surface area contributed by atoms with Gasteiger partial charge in [0, 0.05) is 67.1 Å².